The molecule has 0 aliphatic heterocycles. The van der Waals surface area contributed by atoms with Crippen molar-refractivity contribution >= 4 is 28.9 Å². The van der Waals surface area contributed by atoms with Crippen LogP contribution in [0.5, 0.6) is 0 Å². The molecule has 0 spiro atoms. The van der Waals surface area contributed by atoms with Crippen LogP contribution >= 0.6 is 23.1 Å². The molecule has 0 aliphatic rings. The normalized spacial score (nSPS) is 10.8. The minimum absolute atomic E-state index is 0.0766. The van der Waals surface area contributed by atoms with Gasteiger partial charge in [-0.05, 0) is 31.2 Å². The molecule has 0 saturated heterocycles. The third-order valence-corrected chi connectivity index (χ3v) is 4.44. The highest BCUT2D eigenvalue weighted by molar-refractivity contribution is 7.99. The van der Waals surface area contributed by atoms with Crippen molar-refractivity contribution in [2.24, 2.45) is 0 Å². The molecule has 7 heteroatoms. The summed E-state index contributed by atoms with van der Waals surface area (Å²) in [6.45, 7) is 1.98. The van der Waals surface area contributed by atoms with Gasteiger partial charge in [-0.25, -0.2) is 0 Å². The van der Waals surface area contributed by atoms with E-state index in [9.17, 15) is 4.79 Å². The van der Waals surface area contributed by atoms with Gasteiger partial charge >= 0.3 is 0 Å². The zero-order valence-corrected chi connectivity index (χ0v) is 12.3. The number of hydrogen-bond donors (Lipinski definition) is 1. The van der Waals surface area contributed by atoms with Crippen molar-refractivity contribution in [2.75, 3.05) is 5.75 Å². The predicted octanol–water partition coefficient (Wildman–Crippen LogP) is 3.41. The Balaban J connectivity index is 1.63. The van der Waals surface area contributed by atoms with Gasteiger partial charge in [-0.1, -0.05) is 11.8 Å². The van der Waals surface area contributed by atoms with E-state index < -0.39 is 0 Å². The van der Waals surface area contributed by atoms with Crippen LogP contribution in [0.4, 0.5) is 0 Å². The first-order valence-electron chi connectivity index (χ1n) is 5.92. The lowest BCUT2D eigenvalue weighted by Crippen LogP contribution is -1.99. The van der Waals surface area contributed by atoms with Crippen LogP contribution in [0.15, 0.2) is 40.1 Å². The summed E-state index contributed by atoms with van der Waals surface area (Å²) < 4.78 is 5.48. The number of thiophene rings is 1. The van der Waals surface area contributed by atoms with Crippen LogP contribution in [-0.2, 0) is 0 Å². The molecule has 3 heterocycles. The van der Waals surface area contributed by atoms with Crippen molar-refractivity contribution in [2.45, 2.75) is 12.1 Å². The molecule has 0 radical (unpaired) electrons. The number of nitrogens with zero attached hydrogens (tertiary/aromatic N) is 2. The van der Waals surface area contributed by atoms with E-state index in [1.165, 1.54) is 23.1 Å². The molecule has 0 aliphatic carbocycles. The molecule has 0 aromatic carbocycles. The van der Waals surface area contributed by atoms with Crippen molar-refractivity contribution in [1.82, 2.24) is 15.2 Å². The first kappa shape index (κ1) is 13.1. The average molecular weight is 305 g/mol. The number of aromatic nitrogens is 3. The summed E-state index contributed by atoms with van der Waals surface area (Å²) in [5, 5.41) is 8.26. The number of rotatable bonds is 5. The molecule has 0 atom stereocenters. The molecule has 20 heavy (non-hydrogen) atoms. The Bertz CT molecular complexity index is 716. The van der Waals surface area contributed by atoms with Crippen LogP contribution in [0.25, 0.3) is 11.6 Å². The number of aryl methyl sites for hydroxylation is 1. The Labute approximate surface area is 123 Å². The van der Waals surface area contributed by atoms with E-state index in [2.05, 4.69) is 15.2 Å². The third-order valence-electron chi connectivity index (χ3n) is 2.58. The summed E-state index contributed by atoms with van der Waals surface area (Å²) >= 11 is 2.75. The topological polar surface area (TPSA) is 71.8 Å². The number of carbonyl (C=O) groups excluding carboxylic acids is 1. The van der Waals surface area contributed by atoms with Crippen LogP contribution in [0.1, 0.15) is 14.5 Å². The summed E-state index contributed by atoms with van der Waals surface area (Å²) in [4.78, 5) is 16.8. The van der Waals surface area contributed by atoms with Gasteiger partial charge in [-0.15, -0.1) is 21.5 Å². The van der Waals surface area contributed by atoms with Crippen molar-refractivity contribution in [3.05, 3.63) is 40.2 Å². The highest BCUT2D eigenvalue weighted by atomic mass is 32.2. The number of H-pyrrole nitrogens is 1. The highest BCUT2D eigenvalue weighted by Gasteiger charge is 2.13. The first-order chi connectivity index (χ1) is 9.72. The summed E-state index contributed by atoms with van der Waals surface area (Å²) in [7, 11) is 0. The van der Waals surface area contributed by atoms with Gasteiger partial charge in [-0.3, -0.25) is 4.79 Å². The van der Waals surface area contributed by atoms with Crippen molar-refractivity contribution in [3.63, 3.8) is 0 Å². The minimum atomic E-state index is 0.0766. The van der Waals surface area contributed by atoms with Crippen molar-refractivity contribution in [1.29, 1.82) is 0 Å². The van der Waals surface area contributed by atoms with Gasteiger partial charge in [0.25, 0.3) is 11.1 Å². The second-order valence-electron chi connectivity index (χ2n) is 4.08. The summed E-state index contributed by atoms with van der Waals surface area (Å²) in [5.41, 5.74) is 0.768. The smallest absolute Gasteiger partial charge is 0.277 e. The fourth-order valence-corrected chi connectivity index (χ4v) is 3.17. The number of aromatic amines is 1. The van der Waals surface area contributed by atoms with E-state index in [4.69, 9.17) is 4.42 Å². The molecule has 3 aromatic heterocycles. The van der Waals surface area contributed by atoms with E-state index in [1.54, 1.807) is 6.20 Å². The summed E-state index contributed by atoms with van der Waals surface area (Å²) in [6, 6.07) is 7.50. The molecule has 0 saturated carbocycles. The van der Waals surface area contributed by atoms with Crippen LogP contribution in [0.2, 0.25) is 0 Å². The Hall–Kier alpha value is -1.86. The quantitative estimate of drug-likeness (QED) is 0.577. The SMILES string of the molecule is Cc1ccc(C(=O)CSc2nnc(-c3ccc[nH]3)o2)s1. The first-order valence-corrected chi connectivity index (χ1v) is 7.72. The van der Waals surface area contributed by atoms with Gasteiger partial charge in [0.05, 0.1) is 10.6 Å². The maximum atomic E-state index is 12.0. The number of Topliss-reactive ketones (excluding diaryl/α,β-unsaturated/α-hetero) is 1. The van der Waals surface area contributed by atoms with Crippen LogP contribution < -0.4 is 0 Å². The van der Waals surface area contributed by atoms with Crippen LogP contribution in [-0.4, -0.2) is 26.7 Å². The average Bonchev–Trinajstić information content (AvgIpc) is 3.16. The van der Waals surface area contributed by atoms with Gasteiger partial charge in [0.15, 0.2) is 5.78 Å². The summed E-state index contributed by atoms with van der Waals surface area (Å²) in [5.74, 6) is 0.802. The van der Waals surface area contributed by atoms with E-state index in [1.807, 2.05) is 31.2 Å². The molecular formula is C13H11N3O2S2. The summed E-state index contributed by atoms with van der Waals surface area (Å²) in [6.07, 6.45) is 1.79. The Morgan fingerprint density at radius 1 is 1.40 bits per heavy atom. The third kappa shape index (κ3) is 2.83. The Kier molecular flexibility index (Phi) is 3.70. The van der Waals surface area contributed by atoms with Gasteiger partial charge in [0.1, 0.15) is 5.69 Å². The second-order valence-corrected chi connectivity index (χ2v) is 6.29. The van der Waals surface area contributed by atoms with Crippen molar-refractivity contribution in [3.8, 4) is 11.6 Å². The molecule has 102 valence electrons. The minimum Gasteiger partial charge on any atom is -0.410 e. The predicted molar refractivity (Wildman–Crippen MR) is 78.2 cm³/mol. The fraction of sp³-hybridized carbons (Fsp3) is 0.154. The van der Waals surface area contributed by atoms with E-state index in [0.29, 0.717) is 16.9 Å². The van der Waals surface area contributed by atoms with Gasteiger partial charge in [0, 0.05) is 11.1 Å². The molecule has 1 N–H and O–H groups in total. The molecule has 0 bridgehead atoms. The van der Waals surface area contributed by atoms with Gasteiger partial charge in [0.2, 0.25) is 0 Å². The fourth-order valence-electron chi connectivity index (χ4n) is 1.62. The van der Waals surface area contributed by atoms with Gasteiger partial charge in [-0.2, -0.15) is 0 Å². The molecule has 3 aromatic rings. The Morgan fingerprint density at radius 3 is 3.00 bits per heavy atom. The molecule has 0 unspecified atom stereocenters. The molecule has 3 rings (SSSR count). The highest BCUT2D eigenvalue weighted by Crippen LogP contribution is 2.24. The van der Waals surface area contributed by atoms with Crippen LogP contribution in [0.3, 0.4) is 0 Å². The Morgan fingerprint density at radius 2 is 2.30 bits per heavy atom. The lowest BCUT2D eigenvalue weighted by molar-refractivity contribution is 0.102. The molecule has 0 amide bonds. The van der Waals surface area contributed by atoms with Crippen LogP contribution in [0, 0.1) is 6.92 Å². The monoisotopic (exact) mass is 305 g/mol. The number of hydrogen-bond acceptors (Lipinski definition) is 6. The molecule has 5 nitrogen and oxygen atoms in total. The number of thioether (sulfide) groups is 1. The number of nitrogens with one attached hydrogen (secondary N) is 1. The lowest BCUT2D eigenvalue weighted by Gasteiger charge is -1.94. The number of carbonyl (C=O) groups is 1. The van der Waals surface area contributed by atoms with E-state index >= 15 is 0 Å². The zero-order chi connectivity index (χ0) is 13.9. The number of ketones is 1. The second kappa shape index (κ2) is 5.64. The maximum absolute atomic E-state index is 12.0. The molecule has 0 fully saturated rings. The molecular weight excluding hydrogens is 294 g/mol. The van der Waals surface area contributed by atoms with E-state index in [0.717, 1.165) is 15.4 Å². The zero-order valence-electron chi connectivity index (χ0n) is 10.6. The standard InChI is InChI=1S/C13H11N3O2S2/c1-8-4-5-11(20-8)10(17)7-19-13-16-15-12(18-13)9-3-2-6-14-9/h2-6,14H,7H2,1H3. The van der Waals surface area contributed by atoms with E-state index in [-0.39, 0.29) is 5.78 Å². The largest absolute Gasteiger partial charge is 0.410 e. The maximum Gasteiger partial charge on any atom is 0.277 e. The van der Waals surface area contributed by atoms with Gasteiger partial charge < -0.3 is 9.40 Å². The lowest BCUT2D eigenvalue weighted by atomic mass is 10.3. The van der Waals surface area contributed by atoms with Crippen molar-refractivity contribution < 1.29 is 9.21 Å².